The number of benzene rings is 2. The van der Waals surface area contributed by atoms with Crippen LogP contribution in [0.1, 0.15) is 16.0 Å². The maximum atomic E-state index is 9.14. The lowest BCUT2D eigenvalue weighted by molar-refractivity contribution is 0.415. The summed E-state index contributed by atoms with van der Waals surface area (Å²) in [5.41, 5.74) is 2.41. The van der Waals surface area contributed by atoms with Crippen molar-refractivity contribution in [3.05, 3.63) is 64.5 Å². The molecule has 0 spiro atoms. The summed E-state index contributed by atoms with van der Waals surface area (Å²) in [7, 11) is 1.67. The van der Waals surface area contributed by atoms with E-state index >= 15 is 0 Å². The fourth-order valence-electron chi connectivity index (χ4n) is 2.50. The SMILES string of the molecule is COc1ccc2sc(Cc3ccccc3)c(CC#N)c2c1. The number of methoxy groups -OCH3 is 1. The smallest absolute Gasteiger partial charge is 0.119 e. The summed E-state index contributed by atoms with van der Waals surface area (Å²) >= 11 is 1.77. The highest BCUT2D eigenvalue weighted by Crippen LogP contribution is 2.35. The summed E-state index contributed by atoms with van der Waals surface area (Å²) in [6.45, 7) is 0. The summed E-state index contributed by atoms with van der Waals surface area (Å²) in [6.07, 6.45) is 1.31. The molecule has 0 unspecified atom stereocenters. The van der Waals surface area contributed by atoms with Crippen LogP contribution in [0.5, 0.6) is 5.75 Å². The van der Waals surface area contributed by atoms with Crippen molar-refractivity contribution in [1.29, 1.82) is 5.26 Å². The Balaban J connectivity index is 2.09. The zero-order chi connectivity index (χ0) is 14.7. The molecular formula is C18H15NOS. The van der Waals surface area contributed by atoms with Gasteiger partial charge in [-0.05, 0) is 29.3 Å². The number of nitrogens with zero attached hydrogens (tertiary/aromatic N) is 1. The van der Waals surface area contributed by atoms with E-state index in [1.165, 1.54) is 15.1 Å². The Labute approximate surface area is 128 Å². The van der Waals surface area contributed by atoms with Gasteiger partial charge in [0.1, 0.15) is 5.75 Å². The molecule has 21 heavy (non-hydrogen) atoms. The number of thiophene rings is 1. The van der Waals surface area contributed by atoms with Crippen LogP contribution in [-0.4, -0.2) is 7.11 Å². The summed E-state index contributed by atoms with van der Waals surface area (Å²) in [6, 6.07) is 18.8. The average Bonchev–Trinajstić information content (AvgIpc) is 2.85. The van der Waals surface area contributed by atoms with Gasteiger partial charge in [-0.2, -0.15) is 5.26 Å². The predicted octanol–water partition coefficient (Wildman–Crippen LogP) is 4.57. The van der Waals surface area contributed by atoms with E-state index in [9.17, 15) is 0 Å². The molecule has 3 heteroatoms. The lowest BCUT2D eigenvalue weighted by atomic mass is 10.0. The average molecular weight is 293 g/mol. The van der Waals surface area contributed by atoms with Crippen LogP contribution in [0.2, 0.25) is 0 Å². The Hall–Kier alpha value is -2.31. The van der Waals surface area contributed by atoms with Crippen molar-refractivity contribution < 1.29 is 4.74 Å². The van der Waals surface area contributed by atoms with Gasteiger partial charge in [0.2, 0.25) is 0 Å². The first-order valence-corrected chi connectivity index (χ1v) is 7.62. The van der Waals surface area contributed by atoms with Gasteiger partial charge in [0, 0.05) is 21.4 Å². The zero-order valence-corrected chi connectivity index (χ0v) is 12.6. The second-order valence-corrected chi connectivity index (χ2v) is 6.00. The minimum Gasteiger partial charge on any atom is -0.497 e. The van der Waals surface area contributed by atoms with Crippen LogP contribution < -0.4 is 4.74 Å². The van der Waals surface area contributed by atoms with E-state index in [1.54, 1.807) is 18.4 Å². The number of nitriles is 1. The largest absolute Gasteiger partial charge is 0.497 e. The second kappa shape index (κ2) is 5.99. The van der Waals surface area contributed by atoms with Crippen LogP contribution in [0.15, 0.2) is 48.5 Å². The fraction of sp³-hybridized carbons (Fsp3) is 0.167. The van der Waals surface area contributed by atoms with Crippen molar-refractivity contribution >= 4 is 21.4 Å². The molecule has 2 aromatic carbocycles. The minimum atomic E-state index is 0.440. The molecule has 1 heterocycles. The normalized spacial score (nSPS) is 10.5. The van der Waals surface area contributed by atoms with Crippen molar-refractivity contribution in [2.45, 2.75) is 12.8 Å². The zero-order valence-electron chi connectivity index (χ0n) is 11.8. The first-order chi connectivity index (χ1) is 10.3. The minimum absolute atomic E-state index is 0.440. The summed E-state index contributed by atoms with van der Waals surface area (Å²) in [4.78, 5) is 1.27. The van der Waals surface area contributed by atoms with Gasteiger partial charge in [0.05, 0.1) is 19.6 Å². The molecule has 2 nitrogen and oxygen atoms in total. The summed E-state index contributed by atoms with van der Waals surface area (Å²) in [5.74, 6) is 0.839. The Bertz CT molecular complexity index is 799. The van der Waals surface area contributed by atoms with Crippen LogP contribution in [0.3, 0.4) is 0 Å². The second-order valence-electron chi connectivity index (χ2n) is 4.86. The molecule has 0 aliphatic carbocycles. The van der Waals surface area contributed by atoms with Crippen molar-refractivity contribution in [1.82, 2.24) is 0 Å². The Morgan fingerprint density at radius 1 is 1.14 bits per heavy atom. The van der Waals surface area contributed by atoms with Crippen molar-refractivity contribution in [3.63, 3.8) is 0 Å². The number of hydrogen-bond donors (Lipinski definition) is 0. The van der Waals surface area contributed by atoms with Crippen molar-refractivity contribution in [3.8, 4) is 11.8 Å². The lowest BCUT2D eigenvalue weighted by Gasteiger charge is -2.02. The van der Waals surface area contributed by atoms with E-state index in [-0.39, 0.29) is 0 Å². The third kappa shape index (κ3) is 2.76. The van der Waals surface area contributed by atoms with Crippen LogP contribution in [0, 0.1) is 11.3 Å². The highest BCUT2D eigenvalue weighted by Gasteiger charge is 2.13. The summed E-state index contributed by atoms with van der Waals surface area (Å²) < 4.78 is 6.52. The van der Waals surface area contributed by atoms with Gasteiger partial charge in [-0.25, -0.2) is 0 Å². The van der Waals surface area contributed by atoms with E-state index < -0.39 is 0 Å². The monoisotopic (exact) mass is 293 g/mol. The molecule has 0 aliphatic heterocycles. The van der Waals surface area contributed by atoms with Gasteiger partial charge >= 0.3 is 0 Å². The first-order valence-electron chi connectivity index (χ1n) is 6.81. The van der Waals surface area contributed by atoms with Crippen LogP contribution in [0.4, 0.5) is 0 Å². The molecule has 0 atom stereocenters. The molecule has 0 saturated heterocycles. The molecule has 104 valence electrons. The topological polar surface area (TPSA) is 33.0 Å². The quantitative estimate of drug-likeness (QED) is 0.706. The maximum Gasteiger partial charge on any atom is 0.119 e. The van der Waals surface area contributed by atoms with E-state index in [1.807, 2.05) is 18.2 Å². The van der Waals surface area contributed by atoms with Gasteiger partial charge in [-0.15, -0.1) is 11.3 Å². The van der Waals surface area contributed by atoms with Gasteiger partial charge in [0.25, 0.3) is 0 Å². The maximum absolute atomic E-state index is 9.14. The highest BCUT2D eigenvalue weighted by atomic mass is 32.1. The molecule has 0 bridgehead atoms. The van der Waals surface area contributed by atoms with Gasteiger partial charge < -0.3 is 4.74 Å². The van der Waals surface area contributed by atoms with E-state index in [4.69, 9.17) is 10.00 Å². The molecule has 3 aromatic rings. The van der Waals surface area contributed by atoms with Gasteiger partial charge in [-0.1, -0.05) is 30.3 Å². The molecule has 0 saturated carbocycles. The number of hydrogen-bond acceptors (Lipinski definition) is 3. The number of ether oxygens (including phenoxy) is 1. The van der Waals surface area contributed by atoms with Crippen LogP contribution in [-0.2, 0) is 12.8 Å². The molecule has 3 rings (SSSR count). The van der Waals surface area contributed by atoms with Crippen molar-refractivity contribution in [2.24, 2.45) is 0 Å². The van der Waals surface area contributed by atoms with E-state index in [0.29, 0.717) is 6.42 Å². The number of rotatable bonds is 4. The molecular weight excluding hydrogens is 278 g/mol. The molecule has 0 aliphatic rings. The van der Waals surface area contributed by atoms with E-state index in [0.717, 1.165) is 23.1 Å². The Morgan fingerprint density at radius 2 is 1.95 bits per heavy atom. The third-order valence-electron chi connectivity index (χ3n) is 3.54. The molecule has 0 fully saturated rings. The summed E-state index contributed by atoms with van der Waals surface area (Å²) in [5, 5.41) is 10.3. The highest BCUT2D eigenvalue weighted by molar-refractivity contribution is 7.19. The predicted molar refractivity (Wildman–Crippen MR) is 86.9 cm³/mol. The Morgan fingerprint density at radius 3 is 2.67 bits per heavy atom. The van der Waals surface area contributed by atoms with Gasteiger partial charge in [-0.3, -0.25) is 0 Å². The standard InChI is InChI=1S/C18H15NOS/c1-20-14-7-8-17-16(12-14)15(9-10-19)18(21-17)11-13-5-3-2-4-6-13/h2-8,12H,9,11H2,1H3. The first kappa shape index (κ1) is 13.7. The third-order valence-corrected chi connectivity index (χ3v) is 4.76. The lowest BCUT2D eigenvalue weighted by Crippen LogP contribution is -1.90. The van der Waals surface area contributed by atoms with Crippen molar-refractivity contribution in [2.75, 3.05) is 7.11 Å². The molecule has 0 N–H and O–H groups in total. The number of fused-ring (bicyclic) bond motifs is 1. The van der Waals surface area contributed by atoms with Gasteiger partial charge in [0.15, 0.2) is 0 Å². The molecule has 0 radical (unpaired) electrons. The molecule has 0 amide bonds. The van der Waals surface area contributed by atoms with Crippen LogP contribution >= 0.6 is 11.3 Å². The Kier molecular flexibility index (Phi) is 3.89. The fourth-order valence-corrected chi connectivity index (χ4v) is 3.74. The van der Waals surface area contributed by atoms with Crippen LogP contribution in [0.25, 0.3) is 10.1 Å². The molecule has 1 aromatic heterocycles. The van der Waals surface area contributed by atoms with E-state index in [2.05, 4.69) is 36.4 Å².